The minimum atomic E-state index is 0.238. The summed E-state index contributed by atoms with van der Waals surface area (Å²) in [5, 5.41) is 9.13. The van der Waals surface area contributed by atoms with E-state index in [0.717, 1.165) is 0 Å². The molecule has 0 saturated carbocycles. The Morgan fingerprint density at radius 2 is 2.50 bits per heavy atom. The van der Waals surface area contributed by atoms with Crippen LogP contribution in [0.25, 0.3) is 0 Å². The minimum Gasteiger partial charge on any atom is -0.506 e. The van der Waals surface area contributed by atoms with E-state index >= 15 is 0 Å². The summed E-state index contributed by atoms with van der Waals surface area (Å²) in [6, 6.07) is 3.31. The number of hydrogen-bond acceptors (Lipinski definition) is 2. The van der Waals surface area contributed by atoms with E-state index in [9.17, 15) is 0 Å². The molecule has 1 N–H and O–H groups in total. The molecule has 2 nitrogen and oxygen atoms in total. The number of aromatic nitrogens is 1. The normalized spacial score (nSPS) is 9.20. The Bertz CT molecular complexity index is 232. The average Bonchev–Trinajstić information content (AvgIpc) is 1.94. The number of allylic oxidation sites excluding steroid dienone is 1. The van der Waals surface area contributed by atoms with Gasteiger partial charge in [-0.15, -0.1) is 6.58 Å². The van der Waals surface area contributed by atoms with E-state index in [2.05, 4.69) is 11.6 Å². The van der Waals surface area contributed by atoms with Crippen LogP contribution in [0, 0.1) is 0 Å². The van der Waals surface area contributed by atoms with Gasteiger partial charge in [-0.25, -0.2) is 0 Å². The first-order valence-corrected chi connectivity index (χ1v) is 3.08. The van der Waals surface area contributed by atoms with Crippen molar-refractivity contribution in [1.29, 1.82) is 0 Å². The molecule has 0 saturated heterocycles. The molecule has 0 amide bonds. The lowest BCUT2D eigenvalue weighted by Gasteiger charge is -1.96. The number of pyridine rings is 1. The second kappa shape index (κ2) is 3.01. The molecule has 0 aliphatic heterocycles. The summed E-state index contributed by atoms with van der Waals surface area (Å²) in [5.41, 5.74) is 0.678. The molecule has 0 unspecified atom stereocenters. The first-order chi connectivity index (χ1) is 4.84. The third kappa shape index (κ3) is 1.35. The van der Waals surface area contributed by atoms with Crippen LogP contribution in [0.15, 0.2) is 31.0 Å². The van der Waals surface area contributed by atoms with Gasteiger partial charge in [0.15, 0.2) is 0 Å². The second-order valence-electron chi connectivity index (χ2n) is 1.96. The highest BCUT2D eigenvalue weighted by atomic mass is 16.3. The largest absolute Gasteiger partial charge is 0.506 e. The van der Waals surface area contributed by atoms with Crippen LogP contribution in [0.5, 0.6) is 5.75 Å². The Labute approximate surface area is 59.9 Å². The molecule has 1 aromatic rings. The maximum absolute atomic E-state index is 9.13. The van der Waals surface area contributed by atoms with Gasteiger partial charge in [0.2, 0.25) is 0 Å². The smallest absolute Gasteiger partial charge is 0.137 e. The van der Waals surface area contributed by atoms with Gasteiger partial charge in [0.1, 0.15) is 5.75 Å². The Kier molecular flexibility index (Phi) is 2.05. The van der Waals surface area contributed by atoms with Gasteiger partial charge in [-0.1, -0.05) is 6.08 Å². The minimum absolute atomic E-state index is 0.238. The summed E-state index contributed by atoms with van der Waals surface area (Å²) >= 11 is 0. The number of nitrogens with zero attached hydrogens (tertiary/aromatic N) is 1. The summed E-state index contributed by atoms with van der Waals surface area (Å²) < 4.78 is 0. The predicted octanol–water partition coefficient (Wildman–Crippen LogP) is 1.52. The molecule has 0 atom stereocenters. The molecule has 0 bridgehead atoms. The summed E-state index contributed by atoms with van der Waals surface area (Å²) in [7, 11) is 0. The molecule has 1 rings (SSSR count). The van der Waals surface area contributed by atoms with Crippen LogP contribution < -0.4 is 0 Å². The van der Waals surface area contributed by atoms with Crippen LogP contribution in [0.1, 0.15) is 5.69 Å². The maximum atomic E-state index is 9.13. The molecule has 0 aliphatic rings. The van der Waals surface area contributed by atoms with Crippen molar-refractivity contribution in [1.82, 2.24) is 4.98 Å². The predicted molar refractivity (Wildman–Crippen MR) is 39.8 cm³/mol. The summed E-state index contributed by atoms with van der Waals surface area (Å²) in [4.78, 5) is 3.95. The van der Waals surface area contributed by atoms with Crippen molar-refractivity contribution in [2.24, 2.45) is 0 Å². The molecule has 2 heteroatoms. The fraction of sp³-hybridized carbons (Fsp3) is 0.125. The maximum Gasteiger partial charge on any atom is 0.137 e. The van der Waals surface area contributed by atoms with Crippen LogP contribution in [0.2, 0.25) is 0 Å². The van der Waals surface area contributed by atoms with E-state index in [1.54, 1.807) is 24.4 Å². The average molecular weight is 135 g/mol. The first-order valence-electron chi connectivity index (χ1n) is 3.08. The molecule has 10 heavy (non-hydrogen) atoms. The number of hydrogen-bond donors (Lipinski definition) is 1. The van der Waals surface area contributed by atoms with Gasteiger partial charge in [-0.05, 0) is 12.1 Å². The zero-order valence-corrected chi connectivity index (χ0v) is 5.62. The van der Waals surface area contributed by atoms with Crippen molar-refractivity contribution in [2.45, 2.75) is 6.42 Å². The van der Waals surface area contributed by atoms with Gasteiger partial charge in [0.25, 0.3) is 0 Å². The molecular weight excluding hydrogens is 126 g/mol. The van der Waals surface area contributed by atoms with Crippen LogP contribution >= 0.6 is 0 Å². The highest BCUT2D eigenvalue weighted by Gasteiger charge is 1.95. The Balaban J connectivity index is 2.91. The highest BCUT2D eigenvalue weighted by molar-refractivity contribution is 5.26. The lowest BCUT2D eigenvalue weighted by molar-refractivity contribution is 0.466. The highest BCUT2D eigenvalue weighted by Crippen LogP contribution is 2.12. The number of aromatic hydroxyl groups is 1. The van der Waals surface area contributed by atoms with Gasteiger partial charge in [0, 0.05) is 12.6 Å². The van der Waals surface area contributed by atoms with Crippen molar-refractivity contribution >= 4 is 0 Å². The lowest BCUT2D eigenvalue weighted by atomic mass is 10.2. The fourth-order valence-electron chi connectivity index (χ4n) is 0.724. The van der Waals surface area contributed by atoms with Crippen LogP contribution in [0.3, 0.4) is 0 Å². The Morgan fingerprint density at radius 1 is 1.70 bits per heavy atom. The molecule has 1 heterocycles. The fourth-order valence-corrected chi connectivity index (χ4v) is 0.724. The van der Waals surface area contributed by atoms with E-state index in [0.29, 0.717) is 12.1 Å². The van der Waals surface area contributed by atoms with Crippen molar-refractivity contribution in [3.8, 4) is 5.75 Å². The lowest BCUT2D eigenvalue weighted by Crippen LogP contribution is -1.85. The van der Waals surface area contributed by atoms with Gasteiger partial charge in [-0.2, -0.15) is 0 Å². The van der Waals surface area contributed by atoms with Gasteiger partial charge in [-0.3, -0.25) is 4.98 Å². The van der Waals surface area contributed by atoms with E-state index in [-0.39, 0.29) is 5.75 Å². The van der Waals surface area contributed by atoms with E-state index in [1.807, 2.05) is 0 Å². The summed E-state index contributed by atoms with van der Waals surface area (Å²) in [5.74, 6) is 0.238. The quantitative estimate of drug-likeness (QED) is 0.623. The molecule has 0 radical (unpaired) electrons. The zero-order chi connectivity index (χ0) is 7.40. The first kappa shape index (κ1) is 6.81. The molecular formula is C8H9NO. The molecule has 0 aromatic carbocycles. The molecule has 0 fully saturated rings. The van der Waals surface area contributed by atoms with E-state index in [1.165, 1.54) is 0 Å². The zero-order valence-electron chi connectivity index (χ0n) is 5.62. The second-order valence-corrected chi connectivity index (χ2v) is 1.96. The number of rotatable bonds is 2. The van der Waals surface area contributed by atoms with Crippen LogP contribution in [-0.4, -0.2) is 10.1 Å². The topological polar surface area (TPSA) is 33.1 Å². The SMILES string of the molecule is C=CCc1ncccc1O. The summed E-state index contributed by atoms with van der Waals surface area (Å²) in [6.45, 7) is 3.55. The van der Waals surface area contributed by atoms with E-state index in [4.69, 9.17) is 5.11 Å². The monoisotopic (exact) mass is 135 g/mol. The third-order valence-corrected chi connectivity index (χ3v) is 1.20. The molecule has 1 aromatic heterocycles. The van der Waals surface area contributed by atoms with Crippen molar-refractivity contribution in [3.63, 3.8) is 0 Å². The van der Waals surface area contributed by atoms with Crippen molar-refractivity contribution in [3.05, 3.63) is 36.7 Å². The van der Waals surface area contributed by atoms with Gasteiger partial charge >= 0.3 is 0 Å². The Hall–Kier alpha value is -1.31. The third-order valence-electron chi connectivity index (χ3n) is 1.20. The van der Waals surface area contributed by atoms with Crippen molar-refractivity contribution < 1.29 is 5.11 Å². The summed E-state index contributed by atoms with van der Waals surface area (Å²) in [6.07, 6.45) is 3.98. The molecule has 52 valence electrons. The Morgan fingerprint density at radius 3 is 3.10 bits per heavy atom. The van der Waals surface area contributed by atoms with Crippen LogP contribution in [0.4, 0.5) is 0 Å². The van der Waals surface area contributed by atoms with Crippen molar-refractivity contribution in [2.75, 3.05) is 0 Å². The van der Waals surface area contributed by atoms with E-state index < -0.39 is 0 Å². The van der Waals surface area contributed by atoms with Gasteiger partial charge in [0.05, 0.1) is 5.69 Å². The van der Waals surface area contributed by atoms with Gasteiger partial charge < -0.3 is 5.11 Å². The van der Waals surface area contributed by atoms with Crippen LogP contribution in [-0.2, 0) is 6.42 Å². The molecule has 0 spiro atoms. The standard InChI is InChI=1S/C8H9NO/c1-2-4-7-8(10)5-3-6-9-7/h2-3,5-6,10H,1,4H2. The molecule has 0 aliphatic carbocycles.